The zero-order valence-electron chi connectivity index (χ0n) is 24.6. The van der Waals surface area contributed by atoms with Crippen LogP contribution in [-0.4, -0.2) is 12.6 Å². The molecule has 2 aliphatic rings. The van der Waals surface area contributed by atoms with E-state index >= 15 is 0 Å². The van der Waals surface area contributed by atoms with Crippen LogP contribution in [0.5, 0.6) is 0 Å². The SMILES string of the molecule is CC(C)C1COC(=C2C=CC=C2P(c2cc(C(F)(F)F)cc(C(F)(F)F)c2)c2cc(C(F)(F)F)cc(C(F)(F)F)c2)[N-]1.[Fe+2].c1cc[cH-]c1. The third kappa shape index (κ3) is 9.45. The number of alkyl halides is 12. The number of allylic oxidation sites excluding steroid dienone is 5. The van der Waals surface area contributed by atoms with Crippen molar-refractivity contribution in [2.75, 3.05) is 6.61 Å². The van der Waals surface area contributed by atoms with E-state index in [1.54, 1.807) is 0 Å². The minimum atomic E-state index is -5.32. The van der Waals surface area contributed by atoms with Crippen LogP contribution >= 0.6 is 7.92 Å². The van der Waals surface area contributed by atoms with Crippen LogP contribution in [0.25, 0.3) is 5.32 Å². The third-order valence-corrected chi connectivity index (χ3v) is 9.35. The van der Waals surface area contributed by atoms with Crippen LogP contribution in [0, 0.1) is 5.92 Å². The molecule has 5 rings (SSSR count). The van der Waals surface area contributed by atoms with Gasteiger partial charge in [-0.05, 0) is 60.2 Å². The smallest absolute Gasteiger partial charge is 0.648 e. The summed E-state index contributed by atoms with van der Waals surface area (Å²) in [5.74, 6) is -0.120. The summed E-state index contributed by atoms with van der Waals surface area (Å²) in [7, 11) is -2.89. The number of halogens is 12. The summed E-state index contributed by atoms with van der Waals surface area (Å²) in [6.07, 6.45) is -17.4. The summed E-state index contributed by atoms with van der Waals surface area (Å²) in [6.45, 7) is 3.68. The van der Waals surface area contributed by atoms with Gasteiger partial charge in [0.2, 0.25) is 0 Å². The molecule has 0 spiro atoms. The number of benzene rings is 2. The predicted molar refractivity (Wildman–Crippen MR) is 153 cm³/mol. The van der Waals surface area contributed by atoms with Crippen LogP contribution in [0.15, 0.2) is 102 Å². The molecular weight excluding hydrogens is 729 g/mol. The van der Waals surface area contributed by atoms with Crippen LogP contribution in [-0.2, 0) is 46.5 Å². The Morgan fingerprint density at radius 1 is 0.708 bits per heavy atom. The summed E-state index contributed by atoms with van der Waals surface area (Å²) in [5, 5.41) is 2.70. The fourth-order valence-electron chi connectivity index (χ4n) is 4.55. The van der Waals surface area contributed by atoms with Crippen molar-refractivity contribution in [3.05, 3.63) is 129 Å². The van der Waals surface area contributed by atoms with Gasteiger partial charge in [0, 0.05) is 11.5 Å². The van der Waals surface area contributed by atoms with Gasteiger partial charge in [-0.25, -0.2) is 12.1 Å². The Morgan fingerprint density at radius 2 is 1.12 bits per heavy atom. The van der Waals surface area contributed by atoms with Gasteiger partial charge in [-0.1, -0.05) is 44.0 Å². The second kappa shape index (κ2) is 14.7. The van der Waals surface area contributed by atoms with Crippen molar-refractivity contribution in [2.45, 2.75) is 44.6 Å². The van der Waals surface area contributed by atoms with Gasteiger partial charge < -0.3 is 10.1 Å². The fourth-order valence-corrected chi connectivity index (χ4v) is 7.12. The Bertz CT molecular complexity index is 1490. The molecule has 48 heavy (non-hydrogen) atoms. The number of hydrogen-bond acceptors (Lipinski definition) is 1. The van der Waals surface area contributed by atoms with Crippen LogP contribution in [0.2, 0.25) is 0 Å². The van der Waals surface area contributed by atoms with Gasteiger partial charge in [-0.15, -0.1) is 0 Å². The monoisotopic (exact) mass is 753 g/mol. The first-order chi connectivity index (χ1) is 21.7. The molecule has 260 valence electrons. The average molecular weight is 753 g/mol. The molecule has 1 saturated heterocycles. The molecule has 0 radical (unpaired) electrons. The maximum absolute atomic E-state index is 13.7. The van der Waals surface area contributed by atoms with Crippen molar-refractivity contribution in [2.24, 2.45) is 5.92 Å². The van der Waals surface area contributed by atoms with Gasteiger partial charge in [-0.2, -0.15) is 70.9 Å². The first-order valence-corrected chi connectivity index (χ1v) is 15.0. The fraction of sp³-hybridized carbons (Fsp3) is 0.281. The van der Waals surface area contributed by atoms with Crippen molar-refractivity contribution in [3.63, 3.8) is 0 Å². The van der Waals surface area contributed by atoms with Crippen LogP contribution in [0.3, 0.4) is 0 Å². The average Bonchev–Trinajstić information content (AvgIpc) is 3.75. The van der Waals surface area contributed by atoms with E-state index in [0.29, 0.717) is 24.3 Å². The quantitative estimate of drug-likeness (QED) is 0.113. The number of hydrogen-bond donors (Lipinski definition) is 0. The normalized spacial score (nSPS) is 18.2. The topological polar surface area (TPSA) is 23.3 Å². The van der Waals surface area contributed by atoms with E-state index in [9.17, 15) is 52.7 Å². The molecule has 1 atom stereocenters. The van der Waals surface area contributed by atoms with Crippen LogP contribution in [0.4, 0.5) is 52.7 Å². The molecule has 2 nitrogen and oxygen atoms in total. The third-order valence-electron chi connectivity index (χ3n) is 6.92. The van der Waals surface area contributed by atoms with Gasteiger partial charge in [-0.3, -0.25) is 0 Å². The molecule has 3 aromatic carbocycles. The number of rotatable bonds is 4. The number of ether oxygens (including phenoxy) is 1. The molecule has 0 N–H and O–H groups in total. The maximum Gasteiger partial charge on any atom is 2.00 e. The molecule has 1 aliphatic heterocycles. The van der Waals surface area contributed by atoms with Crippen LogP contribution < -0.4 is 10.6 Å². The Morgan fingerprint density at radius 3 is 1.44 bits per heavy atom. The van der Waals surface area contributed by atoms with Crippen molar-refractivity contribution in [3.8, 4) is 0 Å². The Kier molecular flexibility index (Phi) is 12.0. The molecule has 0 bridgehead atoms. The molecule has 1 fully saturated rings. The molecule has 0 amide bonds. The first kappa shape index (κ1) is 39.2. The molecule has 0 saturated carbocycles. The van der Waals surface area contributed by atoms with E-state index in [1.165, 1.54) is 18.2 Å². The molecule has 1 aliphatic carbocycles. The van der Waals surface area contributed by atoms with Crippen molar-refractivity contribution in [1.29, 1.82) is 0 Å². The van der Waals surface area contributed by atoms with Gasteiger partial charge in [0.25, 0.3) is 0 Å². The van der Waals surface area contributed by atoms with Gasteiger partial charge in [0.05, 0.1) is 28.9 Å². The zero-order valence-corrected chi connectivity index (χ0v) is 26.6. The van der Waals surface area contributed by atoms with Gasteiger partial charge >= 0.3 is 41.8 Å². The summed E-state index contributed by atoms with van der Waals surface area (Å²) < 4.78 is 170. The summed E-state index contributed by atoms with van der Waals surface area (Å²) >= 11 is 0. The van der Waals surface area contributed by atoms with Gasteiger partial charge in [0.1, 0.15) is 0 Å². The molecule has 1 heterocycles. The Balaban J connectivity index is 0.000000952. The van der Waals surface area contributed by atoms with E-state index in [4.69, 9.17) is 4.74 Å². The Labute approximate surface area is 279 Å². The standard InChI is InChI=1S/C27H19F12NOP.C5H5.Fe/c1-13(2)21-12-41-23(40-21)20-4-3-5-22(20)42(18-8-14(24(28,29)30)6-15(9-18)25(31,32)33)19-10-16(26(34,35)36)7-17(11-19)27(37,38)39;1-2-4-5-3-1;/h3-11,13,21H,12H2,1-2H3;1-5H;/q2*-1;+2. The minimum Gasteiger partial charge on any atom is -0.648 e. The zero-order chi connectivity index (χ0) is 34.9. The molecule has 0 aromatic heterocycles. The number of nitrogens with zero attached hydrogens (tertiary/aromatic N) is 1. The van der Waals surface area contributed by atoms with Crippen molar-refractivity contribution in [1.82, 2.24) is 0 Å². The molecular formula is C32H24F12FeNOP. The second-order valence-corrected chi connectivity index (χ2v) is 12.9. The van der Waals surface area contributed by atoms with Crippen molar-refractivity contribution >= 4 is 18.5 Å². The van der Waals surface area contributed by atoms with Crippen molar-refractivity contribution < 1.29 is 74.5 Å². The van der Waals surface area contributed by atoms with E-state index in [1.807, 2.05) is 44.2 Å². The predicted octanol–water partition coefficient (Wildman–Crippen LogP) is 10.7. The summed E-state index contributed by atoms with van der Waals surface area (Å²) in [4.78, 5) is 0. The summed E-state index contributed by atoms with van der Waals surface area (Å²) in [5.41, 5.74) is -7.06. The first-order valence-electron chi connectivity index (χ1n) is 13.7. The van der Waals surface area contributed by atoms with Crippen LogP contribution in [0.1, 0.15) is 36.1 Å². The van der Waals surface area contributed by atoms with E-state index in [0.717, 1.165) is 0 Å². The molecule has 1 unspecified atom stereocenters. The summed E-state index contributed by atoms with van der Waals surface area (Å²) in [6, 6.07) is 10.5. The molecule has 3 aromatic rings. The minimum absolute atomic E-state index is 0. The molecule has 16 heteroatoms. The van der Waals surface area contributed by atoms with E-state index in [2.05, 4.69) is 5.32 Å². The Hall–Kier alpha value is -3.28. The maximum atomic E-state index is 13.7. The van der Waals surface area contributed by atoms with E-state index < -0.39 is 65.5 Å². The van der Waals surface area contributed by atoms with Gasteiger partial charge in [0.15, 0.2) is 0 Å². The largest absolute Gasteiger partial charge is 2.00 e. The van der Waals surface area contributed by atoms with E-state index in [-0.39, 0.29) is 64.5 Å². The second-order valence-electron chi connectivity index (χ2n) is 10.7.